The fourth-order valence-corrected chi connectivity index (χ4v) is 2.32. The van der Waals surface area contributed by atoms with Crippen LogP contribution in [0.1, 0.15) is 37.3 Å². The Bertz CT molecular complexity index is 375. The van der Waals surface area contributed by atoms with E-state index in [1.807, 2.05) is 6.08 Å². The maximum atomic E-state index is 10.0. The van der Waals surface area contributed by atoms with E-state index in [2.05, 4.69) is 49.6 Å². The van der Waals surface area contributed by atoms with Gasteiger partial charge in [-0.05, 0) is 38.3 Å². The summed E-state index contributed by atoms with van der Waals surface area (Å²) in [7, 11) is 0. The third-order valence-corrected chi connectivity index (χ3v) is 3.20. The Morgan fingerprint density at radius 3 is 2.84 bits per heavy atom. The monoisotopic (exact) mass is 261 g/mol. The highest BCUT2D eigenvalue weighted by Crippen LogP contribution is 2.10. The summed E-state index contributed by atoms with van der Waals surface area (Å²) in [6.45, 7) is 10.7. The van der Waals surface area contributed by atoms with Crippen LogP contribution in [0.15, 0.2) is 36.9 Å². The lowest BCUT2D eigenvalue weighted by molar-refractivity contribution is 0.102. The molecule has 0 saturated carbocycles. The normalized spacial score (nSPS) is 12.6. The number of nitrogens with zero attached hydrogens (tertiary/aromatic N) is 1. The number of aliphatic hydroxyl groups is 1. The molecular weight excluding hydrogens is 234 g/mol. The van der Waals surface area contributed by atoms with Gasteiger partial charge >= 0.3 is 0 Å². The highest BCUT2D eigenvalue weighted by Gasteiger charge is 2.11. The van der Waals surface area contributed by atoms with Crippen LogP contribution < -0.4 is 0 Å². The molecule has 0 bridgehead atoms. The van der Waals surface area contributed by atoms with E-state index >= 15 is 0 Å². The fraction of sp³-hybridized carbons (Fsp3) is 0.529. The lowest BCUT2D eigenvalue weighted by Gasteiger charge is -2.24. The fourth-order valence-electron chi connectivity index (χ4n) is 2.32. The second-order valence-electron chi connectivity index (χ2n) is 5.24. The molecule has 2 heteroatoms. The van der Waals surface area contributed by atoms with Crippen molar-refractivity contribution in [3.8, 4) is 0 Å². The van der Waals surface area contributed by atoms with Crippen LogP contribution >= 0.6 is 0 Å². The first-order valence-electron chi connectivity index (χ1n) is 7.22. The molecular formula is C17H27NO. The number of aryl methyl sites for hydroxylation is 1. The Kier molecular flexibility index (Phi) is 7.46. The van der Waals surface area contributed by atoms with Crippen LogP contribution in [0.25, 0.3) is 0 Å². The van der Waals surface area contributed by atoms with Crippen molar-refractivity contribution in [2.45, 2.75) is 45.8 Å². The van der Waals surface area contributed by atoms with Gasteiger partial charge in [-0.15, -0.1) is 6.58 Å². The smallest absolute Gasteiger partial charge is 0.0670 e. The largest absolute Gasteiger partial charge is 0.392 e. The Hall–Kier alpha value is -1.12. The van der Waals surface area contributed by atoms with Gasteiger partial charge in [0, 0.05) is 13.1 Å². The van der Waals surface area contributed by atoms with Gasteiger partial charge < -0.3 is 5.11 Å². The highest BCUT2D eigenvalue weighted by molar-refractivity contribution is 5.22. The van der Waals surface area contributed by atoms with Crippen molar-refractivity contribution in [3.05, 3.63) is 48.0 Å². The van der Waals surface area contributed by atoms with Crippen molar-refractivity contribution in [2.75, 3.05) is 13.1 Å². The molecule has 1 aromatic carbocycles. The van der Waals surface area contributed by atoms with Crippen LogP contribution in [-0.2, 0) is 6.54 Å². The summed E-state index contributed by atoms with van der Waals surface area (Å²) in [5.41, 5.74) is 2.62. The van der Waals surface area contributed by atoms with Gasteiger partial charge in [-0.25, -0.2) is 0 Å². The quantitative estimate of drug-likeness (QED) is 0.687. The Morgan fingerprint density at radius 1 is 1.42 bits per heavy atom. The molecule has 1 N–H and O–H groups in total. The molecule has 0 fully saturated rings. The number of benzene rings is 1. The van der Waals surface area contributed by atoms with Crippen molar-refractivity contribution < 1.29 is 5.11 Å². The average molecular weight is 261 g/mol. The summed E-state index contributed by atoms with van der Waals surface area (Å²) in [6, 6.07) is 8.60. The Morgan fingerprint density at radius 2 is 2.21 bits per heavy atom. The van der Waals surface area contributed by atoms with Crippen LogP contribution in [0.4, 0.5) is 0 Å². The van der Waals surface area contributed by atoms with E-state index in [1.165, 1.54) is 11.1 Å². The van der Waals surface area contributed by atoms with Gasteiger partial charge in [-0.1, -0.05) is 42.8 Å². The first kappa shape index (κ1) is 15.9. The molecule has 1 rings (SSSR count). The maximum absolute atomic E-state index is 10.0. The van der Waals surface area contributed by atoms with Crippen LogP contribution in [0.5, 0.6) is 0 Å². The van der Waals surface area contributed by atoms with Crippen LogP contribution in [-0.4, -0.2) is 29.2 Å². The van der Waals surface area contributed by atoms with E-state index in [1.54, 1.807) is 0 Å². The van der Waals surface area contributed by atoms with Gasteiger partial charge in [0.25, 0.3) is 0 Å². The SMILES string of the molecule is C=CCC[C@@H](O)CN(CCC)Cc1cccc(C)c1. The lowest BCUT2D eigenvalue weighted by atomic mass is 10.1. The molecule has 19 heavy (non-hydrogen) atoms. The lowest BCUT2D eigenvalue weighted by Crippen LogP contribution is -2.32. The zero-order chi connectivity index (χ0) is 14.1. The Labute approximate surface area is 117 Å². The molecule has 2 nitrogen and oxygen atoms in total. The summed E-state index contributed by atoms with van der Waals surface area (Å²) in [4.78, 5) is 2.34. The molecule has 0 amide bonds. The van der Waals surface area contributed by atoms with E-state index in [4.69, 9.17) is 0 Å². The molecule has 0 heterocycles. The van der Waals surface area contributed by atoms with E-state index < -0.39 is 0 Å². The summed E-state index contributed by atoms with van der Waals surface area (Å²) >= 11 is 0. The van der Waals surface area contributed by atoms with Crippen molar-refractivity contribution >= 4 is 0 Å². The number of aliphatic hydroxyl groups excluding tert-OH is 1. The van der Waals surface area contributed by atoms with Gasteiger partial charge in [0.05, 0.1) is 6.10 Å². The maximum Gasteiger partial charge on any atom is 0.0670 e. The predicted octanol–water partition coefficient (Wildman–Crippen LogP) is 3.53. The molecule has 0 spiro atoms. The third kappa shape index (κ3) is 6.55. The molecule has 0 unspecified atom stereocenters. The minimum Gasteiger partial charge on any atom is -0.392 e. The van der Waals surface area contributed by atoms with E-state index in [0.29, 0.717) is 0 Å². The zero-order valence-electron chi connectivity index (χ0n) is 12.3. The summed E-state index contributed by atoms with van der Waals surface area (Å²) < 4.78 is 0. The molecule has 0 aliphatic carbocycles. The summed E-state index contributed by atoms with van der Waals surface area (Å²) in [6.07, 6.45) is 4.41. The van der Waals surface area contributed by atoms with Crippen molar-refractivity contribution in [2.24, 2.45) is 0 Å². The topological polar surface area (TPSA) is 23.5 Å². The van der Waals surface area contributed by atoms with Gasteiger partial charge in [0.15, 0.2) is 0 Å². The summed E-state index contributed by atoms with van der Waals surface area (Å²) in [5, 5.41) is 10.0. The van der Waals surface area contributed by atoms with Crippen molar-refractivity contribution in [3.63, 3.8) is 0 Å². The zero-order valence-corrected chi connectivity index (χ0v) is 12.3. The number of hydrogen-bond donors (Lipinski definition) is 1. The number of rotatable bonds is 9. The van der Waals surface area contributed by atoms with Crippen molar-refractivity contribution in [1.82, 2.24) is 4.90 Å². The number of hydrogen-bond acceptors (Lipinski definition) is 2. The predicted molar refractivity (Wildman–Crippen MR) is 82.2 cm³/mol. The summed E-state index contributed by atoms with van der Waals surface area (Å²) in [5.74, 6) is 0. The van der Waals surface area contributed by atoms with E-state index in [0.717, 1.165) is 38.9 Å². The first-order valence-corrected chi connectivity index (χ1v) is 7.22. The Balaban J connectivity index is 2.54. The molecule has 106 valence electrons. The van der Waals surface area contributed by atoms with E-state index in [9.17, 15) is 5.11 Å². The molecule has 1 atom stereocenters. The molecule has 1 aromatic rings. The van der Waals surface area contributed by atoms with Crippen LogP contribution in [0.3, 0.4) is 0 Å². The van der Waals surface area contributed by atoms with E-state index in [-0.39, 0.29) is 6.10 Å². The molecule has 0 aliphatic heterocycles. The van der Waals surface area contributed by atoms with Crippen molar-refractivity contribution in [1.29, 1.82) is 0 Å². The second kappa shape index (κ2) is 8.89. The van der Waals surface area contributed by atoms with Gasteiger partial charge in [-0.2, -0.15) is 0 Å². The molecule has 0 aromatic heterocycles. The minimum atomic E-state index is -0.255. The second-order valence-corrected chi connectivity index (χ2v) is 5.24. The van der Waals surface area contributed by atoms with Gasteiger partial charge in [0.1, 0.15) is 0 Å². The van der Waals surface area contributed by atoms with Crippen LogP contribution in [0, 0.1) is 6.92 Å². The third-order valence-electron chi connectivity index (χ3n) is 3.20. The molecule has 0 radical (unpaired) electrons. The standard InChI is InChI=1S/C17H27NO/c1-4-6-10-17(19)14-18(11-5-2)13-16-9-7-8-15(3)12-16/h4,7-9,12,17,19H,1,5-6,10-11,13-14H2,2-3H3/t17-/m1/s1. The average Bonchev–Trinajstić information content (AvgIpc) is 2.36. The van der Waals surface area contributed by atoms with Gasteiger partial charge in [-0.3, -0.25) is 4.90 Å². The molecule has 0 aliphatic rings. The van der Waals surface area contributed by atoms with Crippen LogP contribution in [0.2, 0.25) is 0 Å². The minimum absolute atomic E-state index is 0.255. The van der Waals surface area contributed by atoms with Gasteiger partial charge in [0.2, 0.25) is 0 Å². The number of allylic oxidation sites excluding steroid dienone is 1. The first-order chi connectivity index (χ1) is 9.15. The highest BCUT2D eigenvalue weighted by atomic mass is 16.3. The molecule has 0 saturated heterocycles.